The first-order chi connectivity index (χ1) is 9.08. The Bertz CT molecular complexity index is 406. The summed E-state index contributed by atoms with van der Waals surface area (Å²) in [6.07, 6.45) is 0. The summed E-state index contributed by atoms with van der Waals surface area (Å²) in [6, 6.07) is 0. The van der Waals surface area contributed by atoms with Gasteiger partial charge in [-0.1, -0.05) is 0 Å². The van der Waals surface area contributed by atoms with Crippen LogP contribution in [0.3, 0.4) is 0 Å². The molecule has 0 amide bonds. The van der Waals surface area contributed by atoms with Crippen LogP contribution in [0, 0.1) is 0 Å². The van der Waals surface area contributed by atoms with E-state index in [0.717, 1.165) is 19.0 Å². The maximum atomic E-state index is 6.02. The SMILES string of the molecule is CN=[P@@](N=C1N(C)CCN1C)(ON(C)C)O[N+](C)(C)C. The van der Waals surface area contributed by atoms with E-state index in [0.29, 0.717) is 0 Å². The van der Waals surface area contributed by atoms with Crippen molar-refractivity contribution in [3.05, 3.63) is 0 Å². The average Bonchev–Trinajstić information content (AvgIpc) is 2.57. The highest BCUT2D eigenvalue weighted by atomic mass is 31.2. The molecule has 0 saturated carbocycles. The second kappa shape index (κ2) is 6.41. The average molecular weight is 307 g/mol. The van der Waals surface area contributed by atoms with Gasteiger partial charge in [0.25, 0.3) is 0 Å². The zero-order chi connectivity index (χ0) is 15.6. The van der Waals surface area contributed by atoms with Crippen molar-refractivity contribution >= 4 is 13.6 Å². The van der Waals surface area contributed by atoms with Crippen LogP contribution in [-0.4, -0.2) is 94.9 Å². The van der Waals surface area contributed by atoms with E-state index in [1.807, 2.05) is 35.2 Å². The third-order valence-corrected chi connectivity index (χ3v) is 4.72. The van der Waals surface area contributed by atoms with E-state index in [9.17, 15) is 0 Å². The molecule has 1 heterocycles. The number of hydrogen-bond acceptors (Lipinski definition) is 4. The van der Waals surface area contributed by atoms with E-state index < -0.39 is 7.66 Å². The van der Waals surface area contributed by atoms with Crippen LogP contribution < -0.4 is 0 Å². The van der Waals surface area contributed by atoms with Gasteiger partial charge in [0.1, 0.15) is 0 Å². The molecule has 0 aromatic rings. The Kier molecular flexibility index (Phi) is 5.57. The standard InChI is InChI=1S/C11H28N6O2P/c1-12-20(18-14(2)3,19-17(6,7)8)13-11-15(4)9-10-16(11)5/h9-10H2,1-8H3/q+1/t20-/m1/s1. The summed E-state index contributed by atoms with van der Waals surface area (Å²) in [5.41, 5.74) is 0. The Hall–Kier alpha value is -0.660. The van der Waals surface area contributed by atoms with Crippen molar-refractivity contribution in [1.82, 2.24) is 14.9 Å². The highest BCUT2D eigenvalue weighted by Gasteiger charge is 2.34. The minimum Gasteiger partial charge on any atom is -0.344 e. The largest absolute Gasteiger partial charge is 0.408 e. The fraction of sp³-hybridized carbons (Fsp3) is 0.909. The van der Waals surface area contributed by atoms with Crippen LogP contribution in [0.1, 0.15) is 0 Å². The van der Waals surface area contributed by atoms with Gasteiger partial charge in [0.05, 0.1) is 21.1 Å². The lowest BCUT2D eigenvalue weighted by atomic mass is 10.6. The number of guanidine groups is 1. The molecule has 0 bridgehead atoms. The first-order valence-corrected chi connectivity index (χ1v) is 8.04. The normalized spacial score (nSPS) is 19.6. The fourth-order valence-electron chi connectivity index (χ4n) is 1.76. The first-order valence-electron chi connectivity index (χ1n) is 6.51. The molecule has 118 valence electrons. The van der Waals surface area contributed by atoms with Crippen molar-refractivity contribution in [3.63, 3.8) is 0 Å². The zero-order valence-corrected chi connectivity index (χ0v) is 14.8. The second-order valence-corrected chi connectivity index (χ2v) is 7.71. The summed E-state index contributed by atoms with van der Waals surface area (Å²) < 4.78 is 21.2. The molecular weight excluding hydrogens is 279 g/mol. The zero-order valence-electron chi connectivity index (χ0n) is 13.9. The van der Waals surface area contributed by atoms with Gasteiger partial charge < -0.3 is 9.80 Å². The lowest BCUT2D eigenvalue weighted by molar-refractivity contribution is -1.04. The second-order valence-electron chi connectivity index (χ2n) is 5.80. The minimum atomic E-state index is -2.75. The third kappa shape index (κ3) is 4.71. The Labute approximate surface area is 122 Å². The van der Waals surface area contributed by atoms with Gasteiger partial charge in [-0.15, -0.1) is 4.62 Å². The van der Waals surface area contributed by atoms with Crippen LogP contribution in [-0.2, 0) is 9.25 Å². The molecule has 1 atom stereocenters. The quantitative estimate of drug-likeness (QED) is 0.430. The molecule has 0 radical (unpaired) electrons. The van der Waals surface area contributed by atoms with E-state index in [1.165, 1.54) is 0 Å². The Morgan fingerprint density at radius 3 is 2.00 bits per heavy atom. The molecule has 0 aliphatic carbocycles. The summed E-state index contributed by atoms with van der Waals surface area (Å²) in [4.78, 5) is 4.16. The molecule has 0 aromatic heterocycles. The maximum absolute atomic E-state index is 6.02. The van der Waals surface area contributed by atoms with Gasteiger partial charge in [-0.05, 0) is 0 Å². The van der Waals surface area contributed by atoms with Crippen LogP contribution in [0.2, 0.25) is 0 Å². The molecule has 20 heavy (non-hydrogen) atoms. The van der Waals surface area contributed by atoms with E-state index >= 15 is 0 Å². The number of quaternary nitrogens is 1. The molecule has 0 spiro atoms. The van der Waals surface area contributed by atoms with E-state index in [-0.39, 0.29) is 4.65 Å². The summed E-state index contributed by atoms with van der Waals surface area (Å²) >= 11 is 0. The monoisotopic (exact) mass is 307 g/mol. The number of hydrogen-bond donors (Lipinski definition) is 0. The summed E-state index contributed by atoms with van der Waals surface area (Å²) in [5.74, 6) is 0.847. The predicted octanol–water partition coefficient (Wildman–Crippen LogP) is 0.927. The van der Waals surface area contributed by atoms with Crippen molar-refractivity contribution in [2.45, 2.75) is 0 Å². The molecule has 1 aliphatic rings. The van der Waals surface area contributed by atoms with Crippen molar-refractivity contribution in [1.29, 1.82) is 0 Å². The van der Waals surface area contributed by atoms with Crippen molar-refractivity contribution in [2.24, 2.45) is 9.51 Å². The molecule has 0 N–H and O–H groups in total. The van der Waals surface area contributed by atoms with Gasteiger partial charge in [-0.3, -0.25) is 0 Å². The maximum Gasteiger partial charge on any atom is 0.408 e. The molecule has 8 nitrogen and oxygen atoms in total. The first kappa shape index (κ1) is 17.4. The van der Waals surface area contributed by atoms with Gasteiger partial charge in [-0.25, -0.2) is 9.37 Å². The third-order valence-electron chi connectivity index (χ3n) is 2.54. The van der Waals surface area contributed by atoms with Crippen LogP contribution in [0.25, 0.3) is 0 Å². The number of rotatable bonds is 5. The highest BCUT2D eigenvalue weighted by molar-refractivity contribution is 7.55. The van der Waals surface area contributed by atoms with Gasteiger partial charge >= 0.3 is 7.66 Å². The lowest BCUT2D eigenvalue weighted by Crippen LogP contribution is -2.35. The molecule has 1 fully saturated rings. The summed E-state index contributed by atoms with van der Waals surface area (Å²) in [7, 11) is 12.3. The topological polar surface area (TPSA) is 52.9 Å². The molecule has 0 aromatic carbocycles. The fourth-order valence-corrected chi connectivity index (χ4v) is 3.69. The lowest BCUT2D eigenvalue weighted by Gasteiger charge is -2.29. The van der Waals surface area contributed by atoms with Crippen molar-refractivity contribution in [3.8, 4) is 0 Å². The number of nitrogens with zero attached hydrogens (tertiary/aromatic N) is 6. The molecule has 9 heteroatoms. The smallest absolute Gasteiger partial charge is 0.344 e. The number of hydroxylamine groups is 5. The molecule has 1 saturated heterocycles. The molecule has 0 unspecified atom stereocenters. The van der Waals surface area contributed by atoms with Gasteiger partial charge in [-0.2, -0.15) is 14.5 Å². The molecule has 1 aliphatic heterocycles. The van der Waals surface area contributed by atoms with Gasteiger partial charge in [0.2, 0.25) is 5.96 Å². The van der Waals surface area contributed by atoms with Gasteiger partial charge in [0, 0.05) is 48.3 Å². The summed E-state index contributed by atoms with van der Waals surface area (Å²) in [5, 5.41) is 1.59. The predicted molar refractivity (Wildman–Crippen MR) is 81.9 cm³/mol. The van der Waals surface area contributed by atoms with Crippen LogP contribution in [0.15, 0.2) is 9.51 Å². The molecule has 1 rings (SSSR count). The Balaban J connectivity index is 3.20. The highest BCUT2D eigenvalue weighted by Crippen LogP contribution is 2.55. The van der Waals surface area contributed by atoms with Crippen LogP contribution in [0.5, 0.6) is 0 Å². The van der Waals surface area contributed by atoms with E-state index in [2.05, 4.69) is 14.5 Å². The number of likely N-dealkylation sites (N-methyl/N-ethyl adjacent to an activating group) is 2. The molecular formula is C11H28N6O2P+. The van der Waals surface area contributed by atoms with Crippen LogP contribution in [0.4, 0.5) is 0 Å². The Morgan fingerprint density at radius 2 is 1.65 bits per heavy atom. The van der Waals surface area contributed by atoms with Crippen molar-refractivity contribution in [2.75, 3.05) is 69.5 Å². The minimum absolute atomic E-state index is 0.267. The van der Waals surface area contributed by atoms with E-state index in [4.69, 9.17) is 14.0 Å². The van der Waals surface area contributed by atoms with Crippen molar-refractivity contribution < 1.29 is 13.9 Å². The summed E-state index contributed by atoms with van der Waals surface area (Å²) in [6.45, 7) is 1.87. The van der Waals surface area contributed by atoms with Crippen LogP contribution >= 0.6 is 7.66 Å². The Morgan fingerprint density at radius 1 is 1.15 bits per heavy atom. The van der Waals surface area contributed by atoms with E-state index in [1.54, 1.807) is 26.2 Å². The van der Waals surface area contributed by atoms with Gasteiger partial charge in [0.15, 0.2) is 0 Å².